The predicted molar refractivity (Wildman–Crippen MR) is 70.7 cm³/mol. The Balaban J connectivity index is 2.01. The van der Waals surface area contributed by atoms with Crippen LogP contribution in [0.2, 0.25) is 0 Å². The van der Waals surface area contributed by atoms with Gasteiger partial charge in [0.25, 0.3) is 11.7 Å². The fourth-order valence-corrected chi connectivity index (χ4v) is 2.40. The van der Waals surface area contributed by atoms with E-state index in [1.165, 1.54) is 4.90 Å². The Hall–Kier alpha value is -2.02. The number of nitrogens with zero attached hydrogens (tertiary/aromatic N) is 4. The van der Waals surface area contributed by atoms with Crippen LogP contribution in [0.3, 0.4) is 0 Å². The Bertz CT molecular complexity index is 695. The third-order valence-electron chi connectivity index (χ3n) is 2.90. The Kier molecular flexibility index (Phi) is 2.70. The summed E-state index contributed by atoms with van der Waals surface area (Å²) in [7, 11) is 1.75. The minimum atomic E-state index is -0.529. The number of aromatic nitrogens is 3. The van der Waals surface area contributed by atoms with Gasteiger partial charge in [0, 0.05) is 17.7 Å². The van der Waals surface area contributed by atoms with Crippen LogP contribution in [0.1, 0.15) is 16.1 Å². The van der Waals surface area contributed by atoms with Crippen LogP contribution in [-0.4, -0.2) is 26.7 Å². The number of carbonyl (C=O) groups excluding carboxylic acids is 2. The summed E-state index contributed by atoms with van der Waals surface area (Å²) in [5, 5.41) is 7.74. The Labute approximate surface area is 117 Å². The minimum Gasteiger partial charge on any atom is -0.299 e. The Morgan fingerprint density at radius 2 is 2.11 bits per heavy atom. The maximum Gasteiger partial charge on any atom is 0.299 e. The monoisotopic (exact) mass is 320 g/mol. The van der Waals surface area contributed by atoms with Gasteiger partial charge in [0.05, 0.1) is 17.8 Å². The first-order valence-corrected chi connectivity index (χ1v) is 6.36. The number of anilines is 1. The highest BCUT2D eigenvalue weighted by atomic mass is 79.9. The molecule has 0 N–H and O–H groups in total. The molecular formula is C12H9BrN4O2. The fraction of sp³-hybridized carbons (Fsp3) is 0.167. The van der Waals surface area contributed by atoms with E-state index in [0.29, 0.717) is 16.9 Å². The van der Waals surface area contributed by atoms with Crippen LogP contribution in [0.25, 0.3) is 0 Å². The van der Waals surface area contributed by atoms with E-state index in [-0.39, 0.29) is 6.54 Å². The number of hydrogen-bond donors (Lipinski definition) is 0. The summed E-state index contributed by atoms with van der Waals surface area (Å²) in [6, 6.07) is 5.15. The molecule has 0 atom stereocenters. The summed E-state index contributed by atoms with van der Waals surface area (Å²) in [6.45, 7) is 0.238. The maximum atomic E-state index is 12.0. The first-order chi connectivity index (χ1) is 9.06. The topological polar surface area (TPSA) is 68.1 Å². The van der Waals surface area contributed by atoms with Crippen molar-refractivity contribution < 1.29 is 9.59 Å². The highest BCUT2D eigenvalue weighted by molar-refractivity contribution is 9.10. The molecule has 0 fully saturated rings. The molecule has 3 rings (SSSR count). The van der Waals surface area contributed by atoms with Gasteiger partial charge in [-0.25, -0.2) is 0 Å². The third-order valence-corrected chi connectivity index (χ3v) is 3.40. The van der Waals surface area contributed by atoms with Crippen molar-refractivity contribution in [1.29, 1.82) is 0 Å². The van der Waals surface area contributed by atoms with Gasteiger partial charge in [-0.3, -0.25) is 19.2 Å². The first-order valence-electron chi connectivity index (χ1n) is 5.57. The molecule has 1 aromatic heterocycles. The van der Waals surface area contributed by atoms with Gasteiger partial charge in [0.15, 0.2) is 0 Å². The lowest BCUT2D eigenvalue weighted by molar-refractivity contribution is -0.114. The summed E-state index contributed by atoms with van der Waals surface area (Å²) < 4.78 is 2.37. The summed E-state index contributed by atoms with van der Waals surface area (Å²) in [5.41, 5.74) is 1.67. The van der Waals surface area contributed by atoms with Crippen molar-refractivity contribution in [3.05, 3.63) is 40.1 Å². The van der Waals surface area contributed by atoms with Crippen LogP contribution in [0.15, 0.2) is 28.9 Å². The Morgan fingerprint density at radius 3 is 2.79 bits per heavy atom. The Morgan fingerprint density at radius 1 is 1.32 bits per heavy atom. The zero-order chi connectivity index (χ0) is 13.6. The van der Waals surface area contributed by atoms with Crippen molar-refractivity contribution in [3.8, 4) is 0 Å². The molecule has 2 aromatic rings. The van der Waals surface area contributed by atoms with Crippen LogP contribution in [0.5, 0.6) is 0 Å². The van der Waals surface area contributed by atoms with E-state index in [9.17, 15) is 9.59 Å². The minimum absolute atomic E-state index is 0.238. The number of fused-ring (bicyclic) bond motifs is 1. The molecule has 2 heterocycles. The number of amides is 1. The van der Waals surface area contributed by atoms with E-state index in [1.54, 1.807) is 36.1 Å². The van der Waals surface area contributed by atoms with Crippen molar-refractivity contribution in [1.82, 2.24) is 15.0 Å². The molecule has 0 saturated heterocycles. The zero-order valence-corrected chi connectivity index (χ0v) is 11.6. The summed E-state index contributed by atoms with van der Waals surface area (Å²) in [5.74, 6) is -1.01. The van der Waals surface area contributed by atoms with Crippen LogP contribution >= 0.6 is 15.9 Å². The van der Waals surface area contributed by atoms with Crippen LogP contribution in [-0.2, 0) is 18.4 Å². The summed E-state index contributed by atoms with van der Waals surface area (Å²) in [4.78, 5) is 25.3. The van der Waals surface area contributed by atoms with Gasteiger partial charge in [0.1, 0.15) is 5.69 Å². The second-order valence-corrected chi connectivity index (χ2v) is 5.18. The number of Topliss-reactive ketones (excluding diaryl/α,β-unsaturated/α-hetero) is 1. The van der Waals surface area contributed by atoms with Crippen LogP contribution in [0.4, 0.5) is 5.69 Å². The number of halogens is 1. The number of rotatable bonds is 2. The molecule has 96 valence electrons. The first kappa shape index (κ1) is 12.0. The maximum absolute atomic E-state index is 12.0. The van der Waals surface area contributed by atoms with Crippen molar-refractivity contribution in [2.45, 2.75) is 6.54 Å². The van der Waals surface area contributed by atoms with Gasteiger partial charge >= 0.3 is 0 Å². The smallest absolute Gasteiger partial charge is 0.299 e. The van der Waals surface area contributed by atoms with E-state index >= 15 is 0 Å². The summed E-state index contributed by atoms with van der Waals surface area (Å²) >= 11 is 3.34. The number of aryl methyl sites for hydroxylation is 1. The highest BCUT2D eigenvalue weighted by Gasteiger charge is 2.36. The molecule has 0 bridgehead atoms. The number of ketones is 1. The zero-order valence-electron chi connectivity index (χ0n) is 10.00. The molecule has 0 unspecified atom stereocenters. The van der Waals surface area contributed by atoms with E-state index in [0.717, 1.165) is 4.47 Å². The van der Waals surface area contributed by atoms with Gasteiger partial charge < -0.3 is 0 Å². The molecule has 1 amide bonds. The molecule has 6 nitrogen and oxygen atoms in total. The largest absolute Gasteiger partial charge is 0.299 e. The molecule has 1 aliphatic heterocycles. The van der Waals surface area contributed by atoms with Gasteiger partial charge in [-0.2, -0.15) is 0 Å². The molecule has 7 heteroatoms. The third kappa shape index (κ3) is 1.95. The van der Waals surface area contributed by atoms with E-state index in [4.69, 9.17) is 0 Å². The van der Waals surface area contributed by atoms with Gasteiger partial charge in [0.2, 0.25) is 0 Å². The molecule has 0 spiro atoms. The molecular weight excluding hydrogens is 312 g/mol. The second kappa shape index (κ2) is 4.27. The van der Waals surface area contributed by atoms with Crippen LogP contribution in [0, 0.1) is 0 Å². The molecule has 0 saturated carbocycles. The van der Waals surface area contributed by atoms with E-state index in [1.807, 2.05) is 0 Å². The predicted octanol–water partition coefficient (Wildman–Crippen LogP) is 1.31. The molecule has 1 aromatic carbocycles. The number of hydrogen-bond acceptors (Lipinski definition) is 4. The second-order valence-electron chi connectivity index (χ2n) is 4.27. The molecule has 19 heavy (non-hydrogen) atoms. The molecule has 1 aliphatic rings. The normalized spacial score (nSPS) is 14.1. The average Bonchev–Trinajstić information content (AvgIpc) is 2.88. The van der Waals surface area contributed by atoms with E-state index < -0.39 is 11.7 Å². The molecule has 0 aliphatic carbocycles. The van der Waals surface area contributed by atoms with E-state index in [2.05, 4.69) is 26.2 Å². The highest BCUT2D eigenvalue weighted by Crippen LogP contribution is 2.32. The lowest BCUT2D eigenvalue weighted by atomic mass is 10.1. The van der Waals surface area contributed by atoms with Crippen LogP contribution < -0.4 is 4.90 Å². The van der Waals surface area contributed by atoms with Crippen molar-refractivity contribution in [2.75, 3.05) is 4.90 Å². The lowest BCUT2D eigenvalue weighted by Crippen LogP contribution is -2.29. The number of carbonyl (C=O) groups is 2. The fourth-order valence-electron chi connectivity index (χ4n) is 2.05. The van der Waals surface area contributed by atoms with Gasteiger partial charge in [-0.15, -0.1) is 5.10 Å². The average molecular weight is 321 g/mol. The molecule has 0 radical (unpaired) electrons. The van der Waals surface area contributed by atoms with Crippen molar-refractivity contribution in [2.24, 2.45) is 7.05 Å². The standard InChI is InChI=1S/C12H9BrN4O2/c1-16-5-8(14-15-16)6-17-10-4-7(13)2-3-9(10)11(18)12(17)19/h2-5H,6H2,1H3. The number of benzene rings is 1. The summed E-state index contributed by atoms with van der Waals surface area (Å²) in [6.07, 6.45) is 1.72. The van der Waals surface area contributed by atoms with Gasteiger partial charge in [-0.1, -0.05) is 21.1 Å². The van der Waals surface area contributed by atoms with Gasteiger partial charge in [-0.05, 0) is 18.2 Å². The van der Waals surface area contributed by atoms with Crippen molar-refractivity contribution in [3.63, 3.8) is 0 Å². The lowest BCUT2D eigenvalue weighted by Gasteiger charge is -2.14. The van der Waals surface area contributed by atoms with Crippen molar-refractivity contribution >= 4 is 33.3 Å². The quantitative estimate of drug-likeness (QED) is 0.782. The SMILES string of the molecule is Cn1cc(CN2C(=O)C(=O)c3ccc(Br)cc32)nn1.